The number of hydrogen-bond acceptors (Lipinski definition) is 8. The van der Waals surface area contributed by atoms with Gasteiger partial charge in [0, 0.05) is 18.8 Å². The number of carbonyl (C=O) groups is 2. The zero-order valence-electron chi connectivity index (χ0n) is 13.9. The van der Waals surface area contributed by atoms with Crippen molar-refractivity contribution < 1.29 is 14.7 Å². The minimum absolute atomic E-state index is 0.0348. The molecular formula is C14H20N8O3S. The topological polar surface area (TPSA) is 180 Å². The van der Waals surface area contributed by atoms with Crippen molar-refractivity contribution in [3.05, 3.63) is 29.1 Å². The highest BCUT2D eigenvalue weighted by Crippen LogP contribution is 2.34. The highest BCUT2D eigenvalue weighted by molar-refractivity contribution is 7.11. The van der Waals surface area contributed by atoms with Crippen molar-refractivity contribution in [2.45, 2.75) is 19.3 Å². The average molecular weight is 380 g/mol. The average Bonchev–Trinajstić information content (AvgIpc) is 3.05. The molecule has 11 nitrogen and oxygen atoms in total. The number of allylic oxidation sites excluding steroid dienone is 4. The van der Waals surface area contributed by atoms with Gasteiger partial charge in [0.25, 0.3) is 0 Å². The fourth-order valence-electron chi connectivity index (χ4n) is 2.28. The number of anilines is 1. The maximum absolute atomic E-state index is 12.3. The summed E-state index contributed by atoms with van der Waals surface area (Å²) < 4.78 is 4.29. The molecule has 0 bridgehead atoms. The van der Waals surface area contributed by atoms with Gasteiger partial charge < -0.3 is 21.7 Å². The third-order valence-electron chi connectivity index (χ3n) is 3.54. The van der Waals surface area contributed by atoms with E-state index in [-0.39, 0.29) is 17.2 Å². The van der Waals surface area contributed by atoms with Crippen molar-refractivity contribution in [1.29, 1.82) is 0 Å². The standard InChI is InChI=1S/C14H20N8O3S/c15-19-9-4-2-8(3-5-9)11-10(12(24)20-22-16)13(26-21-11)18-14(25)17-6-1-7-23/h2,4,19,23H,1,3,5-7,15H2,(H2,16,20,24)(H2,17,18,25). The lowest BCUT2D eigenvalue weighted by Crippen LogP contribution is -2.30. The number of aromatic nitrogens is 1. The van der Waals surface area contributed by atoms with E-state index in [0.717, 1.165) is 22.8 Å². The molecule has 0 saturated heterocycles. The second-order valence-corrected chi connectivity index (χ2v) is 6.02. The number of carbonyl (C=O) groups excluding carboxylic acids is 2. The number of rotatable bonds is 7. The molecule has 0 unspecified atom stereocenters. The summed E-state index contributed by atoms with van der Waals surface area (Å²) in [5, 5.41) is 20.5. The van der Waals surface area contributed by atoms with Crippen LogP contribution in [0.3, 0.4) is 0 Å². The molecule has 3 amide bonds. The van der Waals surface area contributed by atoms with Crippen molar-refractivity contribution in [1.82, 2.24) is 15.1 Å². The van der Waals surface area contributed by atoms with Gasteiger partial charge in [-0.15, -0.1) is 0 Å². The third kappa shape index (κ3) is 4.84. The summed E-state index contributed by atoms with van der Waals surface area (Å²) in [6.07, 6.45) is 5.30. The number of nitrogens with zero attached hydrogens (tertiary/aromatic N) is 3. The van der Waals surface area contributed by atoms with Gasteiger partial charge in [0.15, 0.2) is 0 Å². The number of nitrogens with one attached hydrogen (secondary N) is 3. The first kappa shape index (κ1) is 19.5. The molecule has 0 radical (unpaired) electrons. The first-order valence-electron chi connectivity index (χ1n) is 7.78. The molecule has 26 heavy (non-hydrogen) atoms. The van der Waals surface area contributed by atoms with Crippen LogP contribution in [0.1, 0.15) is 35.3 Å². The molecule has 8 N–H and O–H groups in total. The maximum Gasteiger partial charge on any atom is 0.319 e. The fourth-order valence-corrected chi connectivity index (χ4v) is 3.08. The molecule has 0 saturated carbocycles. The smallest absolute Gasteiger partial charge is 0.319 e. The largest absolute Gasteiger partial charge is 0.396 e. The lowest BCUT2D eigenvalue weighted by Gasteiger charge is -2.13. The fraction of sp³-hybridized carbons (Fsp3) is 0.357. The van der Waals surface area contributed by atoms with E-state index >= 15 is 0 Å². The first-order valence-corrected chi connectivity index (χ1v) is 8.55. The van der Waals surface area contributed by atoms with Crippen molar-refractivity contribution in [3.63, 3.8) is 0 Å². The van der Waals surface area contributed by atoms with Crippen LogP contribution in [0.5, 0.6) is 0 Å². The molecule has 1 aliphatic rings. The van der Waals surface area contributed by atoms with Crippen LogP contribution in [0.25, 0.3) is 5.57 Å². The van der Waals surface area contributed by atoms with Crippen LogP contribution in [-0.2, 0) is 0 Å². The van der Waals surface area contributed by atoms with Crippen LogP contribution < -0.4 is 27.7 Å². The zero-order valence-corrected chi connectivity index (χ0v) is 14.7. The van der Waals surface area contributed by atoms with Crippen LogP contribution in [0.15, 0.2) is 28.2 Å². The number of aliphatic hydroxyl groups is 1. The molecule has 1 heterocycles. The summed E-state index contributed by atoms with van der Waals surface area (Å²) in [5.74, 6) is 9.67. The van der Waals surface area contributed by atoms with Gasteiger partial charge in [-0.3, -0.25) is 16.0 Å². The van der Waals surface area contributed by atoms with Gasteiger partial charge in [0.1, 0.15) is 10.6 Å². The van der Waals surface area contributed by atoms with E-state index in [2.05, 4.69) is 30.8 Å². The lowest BCUT2D eigenvalue weighted by atomic mass is 9.97. The second-order valence-electron chi connectivity index (χ2n) is 5.24. The van der Waals surface area contributed by atoms with E-state index in [1.54, 1.807) is 12.2 Å². The van der Waals surface area contributed by atoms with Gasteiger partial charge in [-0.25, -0.2) is 4.79 Å². The van der Waals surface area contributed by atoms with Gasteiger partial charge in [-0.05, 0) is 42.4 Å². The van der Waals surface area contributed by atoms with E-state index in [0.29, 0.717) is 31.5 Å². The van der Waals surface area contributed by atoms with Crippen LogP contribution in [0.4, 0.5) is 9.80 Å². The number of aliphatic hydroxyl groups excluding tert-OH is 1. The van der Waals surface area contributed by atoms with Gasteiger partial charge in [-0.2, -0.15) is 4.37 Å². The van der Waals surface area contributed by atoms with Crippen molar-refractivity contribution in [2.75, 3.05) is 18.5 Å². The summed E-state index contributed by atoms with van der Waals surface area (Å²) in [6.45, 7) is 0.261. The van der Waals surface area contributed by atoms with E-state index < -0.39 is 11.9 Å². The number of hydrazine groups is 1. The van der Waals surface area contributed by atoms with Crippen molar-refractivity contribution in [3.8, 4) is 0 Å². The van der Waals surface area contributed by atoms with E-state index in [1.807, 2.05) is 0 Å². The molecule has 1 aromatic rings. The predicted molar refractivity (Wildman–Crippen MR) is 96.8 cm³/mol. The number of hydrogen-bond donors (Lipinski definition) is 6. The third-order valence-corrected chi connectivity index (χ3v) is 4.30. The zero-order chi connectivity index (χ0) is 18.9. The molecule has 1 aromatic heterocycles. The maximum atomic E-state index is 12.3. The summed E-state index contributed by atoms with van der Waals surface area (Å²) in [4.78, 5) is 24.2. The summed E-state index contributed by atoms with van der Waals surface area (Å²) in [7, 11) is 0. The monoisotopic (exact) mass is 380 g/mol. The summed E-state index contributed by atoms with van der Waals surface area (Å²) in [5.41, 5.74) is 4.81. The van der Waals surface area contributed by atoms with Crippen LogP contribution in [0, 0.1) is 0 Å². The molecule has 0 aliphatic heterocycles. The minimum Gasteiger partial charge on any atom is -0.396 e. The van der Waals surface area contributed by atoms with Gasteiger partial charge in [0.05, 0.1) is 5.69 Å². The predicted octanol–water partition coefficient (Wildman–Crippen LogP) is 0.637. The van der Waals surface area contributed by atoms with E-state index in [9.17, 15) is 9.59 Å². The normalized spacial score (nSPS) is 13.9. The molecular weight excluding hydrogens is 360 g/mol. The van der Waals surface area contributed by atoms with Crippen LogP contribution in [0.2, 0.25) is 0 Å². The van der Waals surface area contributed by atoms with Crippen LogP contribution in [-0.4, -0.2) is 34.6 Å². The molecule has 0 spiro atoms. The molecule has 0 fully saturated rings. The first-order chi connectivity index (χ1) is 12.6. The Morgan fingerprint density at radius 3 is 2.77 bits per heavy atom. The Kier molecular flexibility index (Phi) is 7.20. The Labute approximate surface area is 153 Å². The van der Waals surface area contributed by atoms with E-state index in [4.69, 9.17) is 16.8 Å². The molecule has 1 aliphatic carbocycles. The lowest BCUT2D eigenvalue weighted by molar-refractivity contribution is 0.0994. The molecule has 140 valence electrons. The Morgan fingerprint density at radius 2 is 2.15 bits per heavy atom. The molecule has 0 aromatic carbocycles. The molecule has 12 heteroatoms. The van der Waals surface area contributed by atoms with E-state index in [1.165, 1.54) is 0 Å². The Hall–Kier alpha value is -2.83. The van der Waals surface area contributed by atoms with Crippen molar-refractivity contribution >= 4 is 34.0 Å². The molecule has 0 atom stereocenters. The Bertz CT molecular complexity index is 755. The quantitative estimate of drug-likeness (QED) is 0.174. The second kappa shape index (κ2) is 9.60. The van der Waals surface area contributed by atoms with Gasteiger partial charge in [-0.1, -0.05) is 16.4 Å². The number of urea groups is 1. The summed E-state index contributed by atoms with van der Waals surface area (Å²) in [6, 6.07) is -0.514. The van der Waals surface area contributed by atoms with Gasteiger partial charge in [0.2, 0.25) is 0 Å². The van der Waals surface area contributed by atoms with Crippen molar-refractivity contribution in [2.24, 2.45) is 22.0 Å². The van der Waals surface area contributed by atoms with Crippen LogP contribution >= 0.6 is 11.5 Å². The summed E-state index contributed by atoms with van der Waals surface area (Å²) >= 11 is 0.962. The molecule has 2 rings (SSSR count). The highest BCUT2D eigenvalue weighted by Gasteiger charge is 2.25. The SMILES string of the molecule is NN=NC(=O)c1c(C2=CC=C(NN)CC2)nsc1NC(=O)NCCCO. The minimum atomic E-state index is -0.700. The highest BCUT2D eigenvalue weighted by atomic mass is 32.1. The number of nitrogens with two attached hydrogens (primary N) is 2. The van der Waals surface area contributed by atoms with Gasteiger partial charge >= 0.3 is 11.9 Å². The Balaban J connectivity index is 2.28. The number of amides is 3. The Morgan fingerprint density at radius 1 is 1.35 bits per heavy atom.